The zero-order valence-corrected chi connectivity index (χ0v) is 16.1. The Kier molecular flexibility index (Phi) is 5.31. The van der Waals surface area contributed by atoms with E-state index in [0.717, 1.165) is 16.5 Å². The lowest BCUT2D eigenvalue weighted by Gasteiger charge is -2.22. The fourth-order valence-electron chi connectivity index (χ4n) is 3.35. The molecule has 27 heavy (non-hydrogen) atoms. The summed E-state index contributed by atoms with van der Waals surface area (Å²) < 4.78 is 7.04. The standard InChI is InChI=1S/C22H24N2O3/c1-5-18(22(26)23-16-11-9-14(2)10-12-16)24-20(25)13-15(3)17-7-6-8-19(27-4)21(17)24/h6-13,18H,5H2,1-4H3,(H,23,26). The Hall–Kier alpha value is -3.08. The van der Waals surface area contributed by atoms with E-state index in [1.807, 2.05) is 63.2 Å². The summed E-state index contributed by atoms with van der Waals surface area (Å²) in [6.07, 6.45) is 0.480. The van der Waals surface area contributed by atoms with Gasteiger partial charge in [0.2, 0.25) is 5.91 Å². The van der Waals surface area contributed by atoms with E-state index in [2.05, 4.69) is 5.32 Å². The molecule has 0 aliphatic carbocycles. The Balaban J connectivity index is 2.12. The molecule has 0 saturated heterocycles. The second-order valence-electron chi connectivity index (χ2n) is 6.67. The van der Waals surface area contributed by atoms with Crippen molar-refractivity contribution in [2.24, 2.45) is 0 Å². The Labute approximate surface area is 158 Å². The molecule has 0 radical (unpaired) electrons. The number of rotatable bonds is 5. The van der Waals surface area contributed by atoms with Crippen LogP contribution in [0.15, 0.2) is 53.3 Å². The van der Waals surface area contributed by atoms with Crippen LogP contribution in [0.5, 0.6) is 5.75 Å². The number of pyridine rings is 1. The van der Waals surface area contributed by atoms with Crippen molar-refractivity contribution in [1.29, 1.82) is 0 Å². The van der Waals surface area contributed by atoms with Crippen LogP contribution in [0.25, 0.3) is 10.9 Å². The molecule has 1 N–H and O–H groups in total. The largest absolute Gasteiger partial charge is 0.495 e. The van der Waals surface area contributed by atoms with Crippen LogP contribution >= 0.6 is 0 Å². The van der Waals surface area contributed by atoms with Gasteiger partial charge in [0.05, 0.1) is 12.6 Å². The number of benzene rings is 2. The van der Waals surface area contributed by atoms with Crippen molar-refractivity contribution >= 4 is 22.5 Å². The highest BCUT2D eigenvalue weighted by atomic mass is 16.5. The zero-order valence-electron chi connectivity index (χ0n) is 16.1. The lowest BCUT2D eigenvalue weighted by molar-refractivity contribution is -0.119. The number of para-hydroxylation sites is 1. The third kappa shape index (κ3) is 3.58. The van der Waals surface area contributed by atoms with Crippen LogP contribution in [0.2, 0.25) is 0 Å². The van der Waals surface area contributed by atoms with Gasteiger partial charge in [0.25, 0.3) is 5.56 Å². The number of amides is 1. The molecule has 3 rings (SSSR count). The number of nitrogens with zero attached hydrogens (tertiary/aromatic N) is 1. The summed E-state index contributed by atoms with van der Waals surface area (Å²) in [5.74, 6) is 0.356. The van der Waals surface area contributed by atoms with Gasteiger partial charge in [-0.1, -0.05) is 36.8 Å². The molecule has 0 fully saturated rings. The molecular formula is C22H24N2O3. The van der Waals surface area contributed by atoms with Crippen molar-refractivity contribution in [2.75, 3.05) is 12.4 Å². The van der Waals surface area contributed by atoms with Crippen molar-refractivity contribution in [1.82, 2.24) is 4.57 Å². The van der Waals surface area contributed by atoms with Crippen LogP contribution < -0.4 is 15.6 Å². The number of hydrogen-bond acceptors (Lipinski definition) is 3. The number of nitrogens with one attached hydrogen (secondary N) is 1. The monoisotopic (exact) mass is 364 g/mol. The first kappa shape index (κ1) is 18.7. The third-order valence-electron chi connectivity index (χ3n) is 4.78. The molecule has 5 heteroatoms. The summed E-state index contributed by atoms with van der Waals surface area (Å²) in [6.45, 7) is 5.78. The first-order valence-electron chi connectivity index (χ1n) is 9.02. The highest BCUT2D eigenvalue weighted by Crippen LogP contribution is 2.29. The number of hydrogen-bond donors (Lipinski definition) is 1. The van der Waals surface area contributed by atoms with Gasteiger partial charge < -0.3 is 10.1 Å². The lowest BCUT2D eigenvalue weighted by atomic mass is 10.1. The van der Waals surface area contributed by atoms with Crippen LogP contribution in [0, 0.1) is 13.8 Å². The Morgan fingerprint density at radius 2 is 1.85 bits per heavy atom. The molecule has 0 bridgehead atoms. The number of fused-ring (bicyclic) bond motifs is 1. The fourth-order valence-corrected chi connectivity index (χ4v) is 3.35. The van der Waals surface area contributed by atoms with Gasteiger partial charge in [0.15, 0.2) is 0 Å². The first-order chi connectivity index (χ1) is 13.0. The molecule has 1 heterocycles. The molecule has 1 aromatic heterocycles. The summed E-state index contributed by atoms with van der Waals surface area (Å²) in [4.78, 5) is 25.8. The predicted octanol–water partition coefficient (Wildman–Crippen LogP) is 4.22. The topological polar surface area (TPSA) is 60.3 Å². The Bertz CT molecular complexity index is 1040. The van der Waals surface area contributed by atoms with E-state index in [9.17, 15) is 9.59 Å². The minimum atomic E-state index is -0.641. The van der Waals surface area contributed by atoms with Gasteiger partial charge in [-0.25, -0.2) is 0 Å². The second-order valence-corrected chi connectivity index (χ2v) is 6.67. The maximum absolute atomic E-state index is 13.0. The number of carbonyl (C=O) groups excluding carboxylic acids is 1. The lowest BCUT2D eigenvalue weighted by Crippen LogP contribution is -2.33. The van der Waals surface area contributed by atoms with Gasteiger partial charge in [0.1, 0.15) is 11.8 Å². The van der Waals surface area contributed by atoms with E-state index >= 15 is 0 Å². The van der Waals surface area contributed by atoms with Crippen molar-refractivity contribution < 1.29 is 9.53 Å². The molecule has 1 unspecified atom stereocenters. The zero-order chi connectivity index (χ0) is 19.6. The van der Waals surface area contributed by atoms with E-state index < -0.39 is 6.04 Å². The van der Waals surface area contributed by atoms with Crippen LogP contribution in [0.3, 0.4) is 0 Å². The van der Waals surface area contributed by atoms with Gasteiger partial charge in [-0.3, -0.25) is 14.2 Å². The molecule has 3 aromatic rings. The Morgan fingerprint density at radius 3 is 2.48 bits per heavy atom. The third-order valence-corrected chi connectivity index (χ3v) is 4.78. The van der Waals surface area contributed by atoms with Crippen molar-refractivity contribution in [2.45, 2.75) is 33.2 Å². The number of carbonyl (C=O) groups is 1. The normalized spacial score (nSPS) is 12.0. The quantitative estimate of drug-likeness (QED) is 0.737. The number of aromatic nitrogens is 1. The van der Waals surface area contributed by atoms with Gasteiger partial charge in [-0.15, -0.1) is 0 Å². The number of anilines is 1. The minimum Gasteiger partial charge on any atom is -0.495 e. The molecule has 5 nitrogen and oxygen atoms in total. The second kappa shape index (κ2) is 7.66. The molecule has 1 atom stereocenters. The van der Waals surface area contributed by atoms with Crippen LogP contribution in [0.1, 0.15) is 30.5 Å². The molecular weight excluding hydrogens is 340 g/mol. The van der Waals surface area contributed by atoms with E-state index in [0.29, 0.717) is 23.4 Å². The minimum absolute atomic E-state index is 0.213. The molecule has 0 aliphatic rings. The maximum Gasteiger partial charge on any atom is 0.252 e. The Morgan fingerprint density at radius 1 is 1.15 bits per heavy atom. The highest BCUT2D eigenvalue weighted by molar-refractivity contribution is 5.96. The summed E-state index contributed by atoms with van der Waals surface area (Å²) in [5.41, 5.74) is 3.12. The van der Waals surface area contributed by atoms with Crippen molar-refractivity contribution in [3.05, 3.63) is 70.0 Å². The van der Waals surface area contributed by atoms with Gasteiger partial charge in [-0.05, 0) is 44.0 Å². The number of aryl methyl sites for hydroxylation is 2. The summed E-state index contributed by atoms with van der Waals surface area (Å²) in [5, 5.41) is 3.82. The molecule has 2 aromatic carbocycles. The summed E-state index contributed by atoms with van der Waals surface area (Å²) in [7, 11) is 1.57. The van der Waals surface area contributed by atoms with Gasteiger partial charge in [-0.2, -0.15) is 0 Å². The average Bonchev–Trinajstić information content (AvgIpc) is 2.66. The first-order valence-corrected chi connectivity index (χ1v) is 9.02. The predicted molar refractivity (Wildman–Crippen MR) is 109 cm³/mol. The van der Waals surface area contributed by atoms with E-state index in [4.69, 9.17) is 4.74 Å². The van der Waals surface area contributed by atoms with Crippen LogP contribution in [-0.4, -0.2) is 17.6 Å². The SMILES string of the molecule is CCC(C(=O)Nc1ccc(C)cc1)n1c(=O)cc(C)c2cccc(OC)c21. The number of ether oxygens (including phenoxy) is 1. The number of methoxy groups -OCH3 is 1. The summed E-state index contributed by atoms with van der Waals surface area (Å²) >= 11 is 0. The fraction of sp³-hybridized carbons (Fsp3) is 0.273. The smallest absolute Gasteiger partial charge is 0.252 e. The van der Waals surface area contributed by atoms with Crippen LogP contribution in [-0.2, 0) is 4.79 Å². The van der Waals surface area contributed by atoms with Crippen LogP contribution in [0.4, 0.5) is 5.69 Å². The van der Waals surface area contributed by atoms with Gasteiger partial charge >= 0.3 is 0 Å². The van der Waals surface area contributed by atoms with E-state index in [1.54, 1.807) is 17.7 Å². The van der Waals surface area contributed by atoms with Crippen molar-refractivity contribution in [3.8, 4) is 5.75 Å². The average molecular weight is 364 g/mol. The van der Waals surface area contributed by atoms with E-state index in [-0.39, 0.29) is 11.5 Å². The van der Waals surface area contributed by atoms with E-state index in [1.165, 1.54) is 0 Å². The van der Waals surface area contributed by atoms with Gasteiger partial charge in [0, 0.05) is 17.1 Å². The molecule has 0 spiro atoms. The molecule has 0 saturated carbocycles. The molecule has 1 amide bonds. The molecule has 0 aliphatic heterocycles. The molecule has 140 valence electrons. The highest BCUT2D eigenvalue weighted by Gasteiger charge is 2.24. The summed E-state index contributed by atoms with van der Waals surface area (Å²) in [6, 6.07) is 14.2. The van der Waals surface area contributed by atoms with Crippen molar-refractivity contribution in [3.63, 3.8) is 0 Å². The maximum atomic E-state index is 13.0.